The zero-order valence-corrected chi connectivity index (χ0v) is 19.0. The average molecular weight is 451 g/mol. The first kappa shape index (κ1) is 22.8. The summed E-state index contributed by atoms with van der Waals surface area (Å²) in [6.45, 7) is 3.33. The number of carboxylic acids is 1. The molecule has 0 saturated heterocycles. The van der Waals surface area contributed by atoms with Gasteiger partial charge in [0.25, 0.3) is 0 Å². The second kappa shape index (κ2) is 9.25. The van der Waals surface area contributed by atoms with Gasteiger partial charge in [-0.05, 0) is 48.4 Å². The first-order chi connectivity index (χ1) is 15.8. The number of carboxylic acid groups (broad SMARTS) is 1. The van der Waals surface area contributed by atoms with Gasteiger partial charge >= 0.3 is 12.1 Å². The Balaban J connectivity index is 1.32. The van der Waals surface area contributed by atoms with Crippen LogP contribution in [0.2, 0.25) is 0 Å². The Morgan fingerprint density at radius 3 is 2.15 bits per heavy atom. The maximum Gasteiger partial charge on any atom is 0.408 e. The van der Waals surface area contributed by atoms with Crippen LogP contribution < -0.4 is 10.6 Å². The van der Waals surface area contributed by atoms with E-state index in [-0.39, 0.29) is 19.1 Å². The fraction of sp³-hybridized carbons (Fsp3) is 0.423. The minimum absolute atomic E-state index is 0.0421. The van der Waals surface area contributed by atoms with E-state index >= 15 is 0 Å². The standard InChI is InChI=1S/C26H30N2O5/c1-26(2,24(31)27-14-17(23(29)30)13-16-11-12-16)28-25(32)33-15-22-20-9-5-3-7-18(20)19-8-4-6-10-21(19)22/h3-10,16-17,22H,11-15H2,1-2H3,(H,27,31)(H,28,32)(H,29,30). The molecule has 0 radical (unpaired) electrons. The summed E-state index contributed by atoms with van der Waals surface area (Å²) in [6.07, 6.45) is 1.97. The minimum Gasteiger partial charge on any atom is -0.481 e. The smallest absolute Gasteiger partial charge is 0.408 e. The molecule has 2 aromatic carbocycles. The van der Waals surface area contributed by atoms with Gasteiger partial charge in [0.1, 0.15) is 12.1 Å². The van der Waals surface area contributed by atoms with Crippen LogP contribution in [0.1, 0.15) is 50.2 Å². The molecule has 2 aliphatic rings. The van der Waals surface area contributed by atoms with Crippen molar-refractivity contribution in [2.45, 2.75) is 44.6 Å². The summed E-state index contributed by atoms with van der Waals surface area (Å²) in [5.41, 5.74) is 3.25. The molecule has 2 aliphatic carbocycles. The van der Waals surface area contributed by atoms with Gasteiger partial charge in [0.05, 0.1) is 5.92 Å². The number of amides is 2. The quantitative estimate of drug-likeness (QED) is 0.537. The van der Waals surface area contributed by atoms with Crippen molar-refractivity contribution in [1.82, 2.24) is 10.6 Å². The number of carbonyl (C=O) groups is 3. The molecule has 0 spiro atoms. The second-order valence-corrected chi connectivity index (χ2v) is 9.50. The summed E-state index contributed by atoms with van der Waals surface area (Å²) < 4.78 is 5.53. The normalized spacial score (nSPS) is 15.8. The van der Waals surface area contributed by atoms with Crippen LogP contribution in [0.15, 0.2) is 48.5 Å². The van der Waals surface area contributed by atoms with Gasteiger partial charge in [0.15, 0.2) is 0 Å². The summed E-state index contributed by atoms with van der Waals surface area (Å²) in [5, 5.41) is 14.7. The van der Waals surface area contributed by atoms with E-state index in [0.717, 1.165) is 35.1 Å². The summed E-state index contributed by atoms with van der Waals surface area (Å²) in [6, 6.07) is 16.1. The predicted octanol–water partition coefficient (Wildman–Crippen LogP) is 3.92. The van der Waals surface area contributed by atoms with E-state index in [9.17, 15) is 19.5 Å². The molecule has 3 N–H and O–H groups in total. The molecule has 0 heterocycles. The Morgan fingerprint density at radius 2 is 1.61 bits per heavy atom. The Bertz CT molecular complexity index is 1010. The van der Waals surface area contributed by atoms with Crippen molar-refractivity contribution in [3.63, 3.8) is 0 Å². The SMILES string of the molecule is CC(C)(NC(=O)OCC1c2ccccc2-c2ccccc21)C(=O)NCC(CC1CC1)C(=O)O. The van der Waals surface area contributed by atoms with Crippen molar-refractivity contribution in [2.24, 2.45) is 11.8 Å². The zero-order chi connectivity index (χ0) is 23.6. The van der Waals surface area contributed by atoms with Gasteiger partial charge in [-0.1, -0.05) is 61.4 Å². The van der Waals surface area contributed by atoms with E-state index in [1.807, 2.05) is 36.4 Å². The van der Waals surface area contributed by atoms with Crippen molar-refractivity contribution in [3.8, 4) is 11.1 Å². The maximum absolute atomic E-state index is 12.6. The fourth-order valence-electron chi connectivity index (χ4n) is 4.41. The summed E-state index contributed by atoms with van der Waals surface area (Å²) in [7, 11) is 0. The van der Waals surface area contributed by atoms with Crippen molar-refractivity contribution in [2.75, 3.05) is 13.2 Å². The Morgan fingerprint density at radius 1 is 1.03 bits per heavy atom. The number of hydrogen-bond acceptors (Lipinski definition) is 4. The lowest BCUT2D eigenvalue weighted by atomic mass is 9.98. The summed E-state index contributed by atoms with van der Waals surface area (Å²) >= 11 is 0. The van der Waals surface area contributed by atoms with E-state index in [0.29, 0.717) is 12.3 Å². The molecule has 2 aromatic rings. The Kier molecular flexibility index (Phi) is 6.40. The van der Waals surface area contributed by atoms with Crippen LogP contribution >= 0.6 is 0 Å². The lowest BCUT2D eigenvalue weighted by Crippen LogP contribution is -2.55. The highest BCUT2D eigenvalue weighted by Crippen LogP contribution is 2.44. The molecule has 7 nitrogen and oxygen atoms in total. The van der Waals surface area contributed by atoms with Crippen molar-refractivity contribution in [3.05, 3.63) is 59.7 Å². The fourth-order valence-corrected chi connectivity index (χ4v) is 4.41. The number of carbonyl (C=O) groups excluding carboxylic acids is 2. The van der Waals surface area contributed by atoms with Gasteiger partial charge in [-0.3, -0.25) is 9.59 Å². The van der Waals surface area contributed by atoms with Crippen LogP contribution in [0, 0.1) is 11.8 Å². The van der Waals surface area contributed by atoms with Gasteiger partial charge in [0, 0.05) is 12.5 Å². The number of benzene rings is 2. The van der Waals surface area contributed by atoms with Crippen LogP contribution in [-0.4, -0.2) is 41.8 Å². The molecule has 174 valence electrons. The number of nitrogens with one attached hydrogen (secondary N) is 2. The van der Waals surface area contributed by atoms with Crippen LogP contribution in [0.3, 0.4) is 0 Å². The first-order valence-electron chi connectivity index (χ1n) is 11.4. The number of aliphatic carboxylic acids is 1. The number of fused-ring (bicyclic) bond motifs is 3. The van der Waals surface area contributed by atoms with Crippen LogP contribution in [0.4, 0.5) is 4.79 Å². The number of hydrogen-bond donors (Lipinski definition) is 3. The van der Waals surface area contributed by atoms with Crippen molar-refractivity contribution in [1.29, 1.82) is 0 Å². The van der Waals surface area contributed by atoms with Gasteiger partial charge in [-0.15, -0.1) is 0 Å². The predicted molar refractivity (Wildman–Crippen MR) is 124 cm³/mol. The average Bonchev–Trinajstić information content (AvgIpc) is 3.55. The van der Waals surface area contributed by atoms with Crippen LogP contribution in [0.25, 0.3) is 11.1 Å². The molecule has 0 bridgehead atoms. The summed E-state index contributed by atoms with van der Waals surface area (Å²) in [4.78, 5) is 36.6. The molecule has 0 aliphatic heterocycles. The molecule has 1 saturated carbocycles. The maximum atomic E-state index is 12.6. The number of rotatable bonds is 9. The number of ether oxygens (including phenoxy) is 1. The Hall–Kier alpha value is -3.35. The lowest BCUT2D eigenvalue weighted by Gasteiger charge is -2.26. The van der Waals surface area contributed by atoms with Gasteiger partial charge < -0.3 is 20.5 Å². The number of alkyl carbamates (subject to hydrolysis) is 1. The van der Waals surface area contributed by atoms with Gasteiger partial charge in [-0.25, -0.2) is 4.79 Å². The van der Waals surface area contributed by atoms with Crippen LogP contribution in [-0.2, 0) is 14.3 Å². The van der Waals surface area contributed by atoms with Crippen LogP contribution in [0.5, 0.6) is 0 Å². The summed E-state index contributed by atoms with van der Waals surface area (Å²) in [5.74, 6) is -1.61. The monoisotopic (exact) mass is 450 g/mol. The first-order valence-corrected chi connectivity index (χ1v) is 11.4. The third-order valence-electron chi connectivity index (χ3n) is 6.50. The minimum atomic E-state index is -1.24. The highest BCUT2D eigenvalue weighted by molar-refractivity contribution is 5.89. The molecule has 1 unspecified atom stereocenters. The van der Waals surface area contributed by atoms with Gasteiger partial charge in [0.2, 0.25) is 5.91 Å². The van der Waals surface area contributed by atoms with E-state index in [2.05, 4.69) is 22.8 Å². The molecule has 1 atom stereocenters. The van der Waals surface area contributed by atoms with E-state index in [1.165, 1.54) is 0 Å². The van der Waals surface area contributed by atoms with Crippen molar-refractivity contribution < 1.29 is 24.2 Å². The second-order valence-electron chi connectivity index (χ2n) is 9.50. The molecule has 7 heteroatoms. The molecule has 4 rings (SSSR count). The highest BCUT2D eigenvalue weighted by Gasteiger charge is 2.34. The topological polar surface area (TPSA) is 105 Å². The largest absolute Gasteiger partial charge is 0.481 e. The molecular formula is C26H30N2O5. The van der Waals surface area contributed by atoms with E-state index in [1.54, 1.807) is 13.8 Å². The molecular weight excluding hydrogens is 420 g/mol. The third kappa shape index (κ3) is 5.18. The zero-order valence-electron chi connectivity index (χ0n) is 19.0. The molecule has 1 fully saturated rings. The molecule has 2 amide bonds. The Labute approximate surface area is 193 Å². The van der Waals surface area contributed by atoms with Gasteiger partial charge in [-0.2, -0.15) is 0 Å². The highest BCUT2D eigenvalue weighted by atomic mass is 16.5. The van der Waals surface area contributed by atoms with Crippen molar-refractivity contribution >= 4 is 18.0 Å². The third-order valence-corrected chi connectivity index (χ3v) is 6.50. The van der Waals surface area contributed by atoms with E-state index in [4.69, 9.17) is 4.74 Å². The molecule has 0 aromatic heterocycles. The molecule has 33 heavy (non-hydrogen) atoms. The van der Waals surface area contributed by atoms with E-state index < -0.39 is 29.4 Å². The lowest BCUT2D eigenvalue weighted by molar-refractivity contribution is -0.142.